The molecule has 1 amide bonds. The van der Waals surface area contributed by atoms with Gasteiger partial charge in [-0.25, -0.2) is 13.4 Å². The Morgan fingerprint density at radius 1 is 1.42 bits per heavy atom. The molecule has 1 saturated heterocycles. The predicted octanol–water partition coefficient (Wildman–Crippen LogP) is 1.76. The minimum Gasteiger partial charge on any atom is -0.335 e. The molecule has 1 atom stereocenters. The van der Waals surface area contributed by atoms with Crippen molar-refractivity contribution in [2.24, 2.45) is 5.92 Å². The third-order valence-corrected chi connectivity index (χ3v) is 5.92. The van der Waals surface area contributed by atoms with Gasteiger partial charge in [0.15, 0.2) is 5.03 Å². The van der Waals surface area contributed by atoms with E-state index in [2.05, 4.69) is 15.3 Å². The molecule has 0 aliphatic carbocycles. The molecule has 1 aliphatic heterocycles. The molecule has 0 radical (unpaired) electrons. The first-order chi connectivity index (χ1) is 11.5. The summed E-state index contributed by atoms with van der Waals surface area (Å²) in [5, 5.41) is 2.94. The molecule has 0 spiro atoms. The van der Waals surface area contributed by atoms with Gasteiger partial charge in [0.2, 0.25) is 5.91 Å². The van der Waals surface area contributed by atoms with Gasteiger partial charge in [-0.3, -0.25) is 4.79 Å². The lowest BCUT2D eigenvalue weighted by molar-refractivity contribution is -0.120. The number of aromatic amines is 1. The van der Waals surface area contributed by atoms with Crippen LogP contribution in [0, 0.1) is 12.8 Å². The molecule has 0 saturated carbocycles. The van der Waals surface area contributed by atoms with Crippen LogP contribution in [-0.2, 0) is 14.8 Å². The fourth-order valence-electron chi connectivity index (χ4n) is 2.87. The number of amides is 1. The maximum absolute atomic E-state index is 12.5. The zero-order valence-electron chi connectivity index (χ0n) is 13.4. The second-order valence-corrected chi connectivity index (χ2v) is 7.88. The van der Waals surface area contributed by atoms with E-state index in [1.54, 1.807) is 0 Å². The van der Waals surface area contributed by atoms with Gasteiger partial charge in [0, 0.05) is 18.8 Å². The molecule has 1 aromatic heterocycles. The zero-order chi connectivity index (χ0) is 17.2. The highest BCUT2D eigenvalue weighted by atomic mass is 32.2. The number of piperidine rings is 1. The molecular formula is C16H20N4O3S. The van der Waals surface area contributed by atoms with Crippen molar-refractivity contribution < 1.29 is 13.2 Å². The minimum absolute atomic E-state index is 0.0576. The molecule has 8 heteroatoms. The summed E-state index contributed by atoms with van der Waals surface area (Å²) in [6.07, 6.45) is 3.94. The number of nitrogens with zero attached hydrogens (tertiary/aromatic N) is 2. The SMILES string of the molecule is Cc1cccc(NC(=O)C2CCCN(S(=O)(=O)c3cnc[nH]3)C2)c1. The van der Waals surface area contributed by atoms with Crippen molar-refractivity contribution in [1.82, 2.24) is 14.3 Å². The molecule has 7 nitrogen and oxygen atoms in total. The van der Waals surface area contributed by atoms with Crippen molar-refractivity contribution in [1.29, 1.82) is 0 Å². The van der Waals surface area contributed by atoms with Crippen molar-refractivity contribution in [3.63, 3.8) is 0 Å². The number of aromatic nitrogens is 2. The monoisotopic (exact) mass is 348 g/mol. The molecule has 1 aromatic carbocycles. The second-order valence-electron chi connectivity index (χ2n) is 5.98. The van der Waals surface area contributed by atoms with Crippen molar-refractivity contribution in [3.8, 4) is 0 Å². The number of carbonyl (C=O) groups excluding carboxylic acids is 1. The molecule has 0 bridgehead atoms. The second kappa shape index (κ2) is 6.74. The molecule has 1 aliphatic rings. The number of aryl methyl sites for hydroxylation is 1. The Morgan fingerprint density at radius 2 is 2.25 bits per heavy atom. The van der Waals surface area contributed by atoms with E-state index in [1.807, 2.05) is 31.2 Å². The van der Waals surface area contributed by atoms with Crippen LogP contribution >= 0.6 is 0 Å². The third-order valence-electron chi connectivity index (χ3n) is 4.13. The van der Waals surface area contributed by atoms with Crippen molar-refractivity contribution in [2.75, 3.05) is 18.4 Å². The summed E-state index contributed by atoms with van der Waals surface area (Å²) in [6.45, 7) is 2.55. The molecular weight excluding hydrogens is 328 g/mol. The van der Waals surface area contributed by atoms with Gasteiger partial charge in [-0.05, 0) is 37.5 Å². The number of H-pyrrole nitrogens is 1. The number of carbonyl (C=O) groups is 1. The largest absolute Gasteiger partial charge is 0.335 e. The smallest absolute Gasteiger partial charge is 0.260 e. The Hall–Kier alpha value is -2.19. The van der Waals surface area contributed by atoms with E-state index in [1.165, 1.54) is 16.8 Å². The van der Waals surface area contributed by atoms with Gasteiger partial charge in [-0.15, -0.1) is 0 Å². The summed E-state index contributed by atoms with van der Waals surface area (Å²) in [5.74, 6) is -0.512. The minimum atomic E-state index is -3.63. The first kappa shape index (κ1) is 16.7. The van der Waals surface area contributed by atoms with E-state index >= 15 is 0 Å². The first-order valence-electron chi connectivity index (χ1n) is 7.83. The molecule has 3 rings (SSSR count). The standard InChI is InChI=1S/C16H20N4O3S/c1-12-4-2-6-14(8-12)19-16(21)13-5-3-7-20(10-13)24(22,23)15-9-17-11-18-15/h2,4,6,8-9,11,13H,3,5,7,10H2,1H3,(H,17,18)(H,19,21). The van der Waals surface area contributed by atoms with Gasteiger partial charge in [0.05, 0.1) is 18.4 Å². The number of nitrogens with one attached hydrogen (secondary N) is 2. The van der Waals surface area contributed by atoms with Crippen LogP contribution in [0.4, 0.5) is 5.69 Å². The van der Waals surface area contributed by atoms with E-state index < -0.39 is 10.0 Å². The highest BCUT2D eigenvalue weighted by Crippen LogP contribution is 2.24. The normalized spacial score (nSPS) is 19.1. The maximum atomic E-state index is 12.5. The van der Waals surface area contributed by atoms with Crippen molar-refractivity contribution >= 4 is 21.6 Å². The van der Waals surface area contributed by atoms with E-state index in [9.17, 15) is 13.2 Å². The summed E-state index contributed by atoms with van der Waals surface area (Å²) in [5.41, 5.74) is 1.79. The molecule has 128 valence electrons. The van der Waals surface area contributed by atoms with Crippen molar-refractivity contribution in [3.05, 3.63) is 42.4 Å². The lowest BCUT2D eigenvalue weighted by Crippen LogP contribution is -2.43. The van der Waals surface area contributed by atoms with E-state index in [0.717, 1.165) is 11.3 Å². The number of rotatable bonds is 4. The summed E-state index contributed by atoms with van der Waals surface area (Å²) >= 11 is 0. The average molecular weight is 348 g/mol. The Bertz CT molecular complexity index is 818. The lowest BCUT2D eigenvalue weighted by Gasteiger charge is -2.30. The van der Waals surface area contributed by atoms with Gasteiger partial charge in [0.1, 0.15) is 0 Å². The van der Waals surface area contributed by atoms with Crippen LogP contribution in [0.5, 0.6) is 0 Å². The third kappa shape index (κ3) is 3.49. The van der Waals surface area contributed by atoms with Crippen LogP contribution in [0.15, 0.2) is 41.8 Å². The van der Waals surface area contributed by atoms with Crippen LogP contribution in [0.25, 0.3) is 0 Å². The molecule has 24 heavy (non-hydrogen) atoms. The number of imidazole rings is 1. The highest BCUT2D eigenvalue weighted by Gasteiger charge is 2.34. The van der Waals surface area contributed by atoms with Gasteiger partial charge in [-0.1, -0.05) is 12.1 Å². The fourth-order valence-corrected chi connectivity index (χ4v) is 4.28. The van der Waals surface area contributed by atoms with E-state index in [-0.39, 0.29) is 23.4 Å². The van der Waals surface area contributed by atoms with Crippen LogP contribution in [0.2, 0.25) is 0 Å². The first-order valence-corrected chi connectivity index (χ1v) is 9.27. The Labute approximate surface area is 141 Å². The van der Waals surface area contributed by atoms with Crippen LogP contribution < -0.4 is 5.32 Å². The quantitative estimate of drug-likeness (QED) is 0.880. The lowest BCUT2D eigenvalue weighted by atomic mass is 9.98. The molecule has 1 fully saturated rings. The zero-order valence-corrected chi connectivity index (χ0v) is 14.2. The maximum Gasteiger partial charge on any atom is 0.260 e. The van der Waals surface area contributed by atoms with Crippen LogP contribution in [0.3, 0.4) is 0 Å². The van der Waals surface area contributed by atoms with E-state index in [4.69, 9.17) is 0 Å². The molecule has 2 aromatic rings. The highest BCUT2D eigenvalue weighted by molar-refractivity contribution is 7.89. The Kier molecular flexibility index (Phi) is 4.68. The van der Waals surface area contributed by atoms with E-state index in [0.29, 0.717) is 19.4 Å². The number of anilines is 1. The molecule has 1 unspecified atom stereocenters. The summed E-state index contributed by atoms with van der Waals surface area (Å²) in [4.78, 5) is 18.9. The topological polar surface area (TPSA) is 95.2 Å². The number of benzene rings is 1. The van der Waals surface area contributed by atoms with Gasteiger partial charge >= 0.3 is 0 Å². The Balaban J connectivity index is 1.70. The molecule has 2 N–H and O–H groups in total. The fraction of sp³-hybridized carbons (Fsp3) is 0.375. The van der Waals surface area contributed by atoms with Crippen LogP contribution in [-0.4, -0.2) is 41.7 Å². The predicted molar refractivity (Wildman–Crippen MR) is 89.9 cm³/mol. The van der Waals surface area contributed by atoms with Crippen LogP contribution in [0.1, 0.15) is 18.4 Å². The number of sulfonamides is 1. The van der Waals surface area contributed by atoms with Gasteiger partial charge in [0.25, 0.3) is 10.0 Å². The van der Waals surface area contributed by atoms with Gasteiger partial charge in [-0.2, -0.15) is 4.31 Å². The van der Waals surface area contributed by atoms with Crippen molar-refractivity contribution in [2.45, 2.75) is 24.8 Å². The number of hydrogen-bond acceptors (Lipinski definition) is 4. The van der Waals surface area contributed by atoms with Gasteiger partial charge < -0.3 is 10.3 Å². The Morgan fingerprint density at radius 3 is 2.96 bits per heavy atom. The summed E-state index contributed by atoms with van der Waals surface area (Å²) < 4.78 is 26.4. The molecule has 2 heterocycles. The average Bonchev–Trinajstić information content (AvgIpc) is 3.10. The summed E-state index contributed by atoms with van der Waals surface area (Å²) in [6, 6.07) is 7.54. The summed E-state index contributed by atoms with van der Waals surface area (Å²) in [7, 11) is -3.63. The number of hydrogen-bond donors (Lipinski definition) is 2.